The van der Waals surface area contributed by atoms with Crippen molar-refractivity contribution in [2.45, 2.75) is 0 Å². The average Bonchev–Trinajstić information content (AvgIpc) is 2.26. The maximum Gasteiger partial charge on any atom is 0.254 e. The number of benzene rings is 1. The Balaban J connectivity index is 2.80. The number of carbonyl (C=O) groups excluding carboxylic acids is 1. The van der Waals surface area contributed by atoms with Crippen LogP contribution in [0.25, 0.3) is 0 Å². The molecule has 0 atom stereocenters. The van der Waals surface area contributed by atoms with Gasteiger partial charge in [-0.2, -0.15) is 0 Å². The molecule has 0 saturated heterocycles. The van der Waals surface area contributed by atoms with Crippen molar-refractivity contribution in [2.24, 2.45) is 0 Å². The van der Waals surface area contributed by atoms with Gasteiger partial charge < -0.3 is 10.1 Å². The van der Waals surface area contributed by atoms with Gasteiger partial charge in [-0.05, 0) is 28.1 Å². The van der Waals surface area contributed by atoms with Crippen molar-refractivity contribution >= 4 is 21.8 Å². The molecule has 3 nitrogen and oxygen atoms in total. The molecule has 6 heteroatoms. The lowest BCUT2D eigenvalue weighted by Crippen LogP contribution is -2.28. The van der Waals surface area contributed by atoms with Gasteiger partial charge in [0.15, 0.2) is 11.6 Å². The minimum absolute atomic E-state index is 0.0153. The van der Waals surface area contributed by atoms with Crippen molar-refractivity contribution < 1.29 is 18.3 Å². The van der Waals surface area contributed by atoms with Crippen LogP contribution in [0.1, 0.15) is 10.4 Å². The van der Waals surface area contributed by atoms with Crippen LogP contribution in [0, 0.1) is 11.6 Å². The van der Waals surface area contributed by atoms with Crippen LogP contribution in [0.4, 0.5) is 8.78 Å². The Morgan fingerprint density at radius 3 is 2.75 bits per heavy atom. The second-order valence-electron chi connectivity index (χ2n) is 2.97. The molecule has 0 spiro atoms. The minimum atomic E-state index is -1.16. The molecule has 0 aliphatic rings. The topological polar surface area (TPSA) is 38.3 Å². The van der Waals surface area contributed by atoms with E-state index < -0.39 is 17.5 Å². The van der Waals surface area contributed by atoms with Gasteiger partial charge in [0, 0.05) is 13.7 Å². The molecule has 0 aliphatic carbocycles. The molecule has 88 valence electrons. The molecule has 16 heavy (non-hydrogen) atoms. The lowest BCUT2D eigenvalue weighted by atomic mass is 10.2. The summed E-state index contributed by atoms with van der Waals surface area (Å²) in [6, 6.07) is 2.49. The van der Waals surface area contributed by atoms with E-state index in [1.54, 1.807) is 0 Å². The third kappa shape index (κ3) is 2.99. The lowest BCUT2D eigenvalue weighted by Gasteiger charge is -2.06. The fourth-order valence-electron chi connectivity index (χ4n) is 1.06. The molecule has 0 heterocycles. The number of rotatable bonds is 4. The summed E-state index contributed by atoms with van der Waals surface area (Å²) in [5.41, 5.74) is -0.322. The van der Waals surface area contributed by atoms with Crippen LogP contribution in [0.15, 0.2) is 16.6 Å². The lowest BCUT2D eigenvalue weighted by molar-refractivity contribution is 0.0932. The summed E-state index contributed by atoms with van der Waals surface area (Å²) < 4.78 is 31.1. The van der Waals surface area contributed by atoms with E-state index in [0.717, 1.165) is 0 Å². The number of hydrogen-bond donors (Lipinski definition) is 1. The highest BCUT2D eigenvalue weighted by Gasteiger charge is 2.17. The van der Waals surface area contributed by atoms with Gasteiger partial charge in [-0.3, -0.25) is 4.79 Å². The minimum Gasteiger partial charge on any atom is -0.383 e. The number of halogens is 3. The smallest absolute Gasteiger partial charge is 0.254 e. The van der Waals surface area contributed by atoms with Crippen molar-refractivity contribution in [1.82, 2.24) is 5.32 Å². The summed E-state index contributed by atoms with van der Waals surface area (Å²) in [6.45, 7) is 0.554. The van der Waals surface area contributed by atoms with E-state index in [-0.39, 0.29) is 16.6 Å². The first-order valence-corrected chi connectivity index (χ1v) is 5.28. The SMILES string of the molecule is COCCNC(=O)c1ccc(Br)c(F)c1F. The first-order chi connectivity index (χ1) is 7.57. The molecule has 0 bridgehead atoms. The Hall–Kier alpha value is -1.01. The quantitative estimate of drug-likeness (QED) is 0.682. The molecule has 0 unspecified atom stereocenters. The van der Waals surface area contributed by atoms with Crippen LogP contribution in [0.3, 0.4) is 0 Å². The van der Waals surface area contributed by atoms with E-state index >= 15 is 0 Å². The van der Waals surface area contributed by atoms with Gasteiger partial charge in [0.2, 0.25) is 0 Å². The third-order valence-electron chi connectivity index (χ3n) is 1.87. The fourth-order valence-corrected chi connectivity index (χ4v) is 1.37. The summed E-state index contributed by atoms with van der Waals surface area (Å²) >= 11 is 2.83. The molecular formula is C10H10BrF2NO2. The second kappa shape index (κ2) is 5.91. The van der Waals surface area contributed by atoms with Crippen LogP contribution >= 0.6 is 15.9 Å². The predicted octanol–water partition coefficient (Wildman–Crippen LogP) is 2.10. The molecule has 1 amide bonds. The number of methoxy groups -OCH3 is 1. The number of ether oxygens (including phenoxy) is 1. The first kappa shape index (κ1) is 13.1. The highest BCUT2D eigenvalue weighted by atomic mass is 79.9. The molecule has 0 aromatic heterocycles. The Kier molecular flexibility index (Phi) is 4.82. The van der Waals surface area contributed by atoms with E-state index in [4.69, 9.17) is 4.74 Å². The number of amides is 1. The number of carbonyl (C=O) groups is 1. The molecule has 0 radical (unpaired) electrons. The average molecular weight is 294 g/mol. The highest BCUT2D eigenvalue weighted by molar-refractivity contribution is 9.10. The van der Waals surface area contributed by atoms with Crippen LogP contribution < -0.4 is 5.32 Å². The first-order valence-electron chi connectivity index (χ1n) is 4.48. The summed E-state index contributed by atoms with van der Waals surface area (Å²) in [6.07, 6.45) is 0. The summed E-state index contributed by atoms with van der Waals surface area (Å²) in [4.78, 5) is 11.4. The summed E-state index contributed by atoms with van der Waals surface area (Å²) in [5, 5.41) is 2.40. The Morgan fingerprint density at radius 2 is 2.12 bits per heavy atom. The van der Waals surface area contributed by atoms with Gasteiger partial charge >= 0.3 is 0 Å². The fraction of sp³-hybridized carbons (Fsp3) is 0.300. The van der Waals surface area contributed by atoms with Gasteiger partial charge in [0.05, 0.1) is 16.6 Å². The standard InChI is InChI=1S/C10H10BrF2NO2/c1-16-5-4-14-10(15)6-2-3-7(11)9(13)8(6)12/h2-3H,4-5H2,1H3,(H,14,15). The second-order valence-corrected chi connectivity index (χ2v) is 3.83. The maximum atomic E-state index is 13.3. The van der Waals surface area contributed by atoms with E-state index in [0.29, 0.717) is 6.61 Å². The largest absolute Gasteiger partial charge is 0.383 e. The predicted molar refractivity (Wildman–Crippen MR) is 58.3 cm³/mol. The van der Waals surface area contributed by atoms with Gasteiger partial charge in [-0.25, -0.2) is 8.78 Å². The van der Waals surface area contributed by atoms with Crippen LogP contribution in [-0.2, 0) is 4.74 Å². The summed E-state index contributed by atoms with van der Waals surface area (Å²) in [7, 11) is 1.48. The molecule has 1 N–H and O–H groups in total. The monoisotopic (exact) mass is 293 g/mol. The normalized spacial score (nSPS) is 10.2. The van der Waals surface area contributed by atoms with Crippen LogP contribution in [0.2, 0.25) is 0 Å². The Labute approximate surface area is 99.9 Å². The van der Waals surface area contributed by atoms with E-state index in [2.05, 4.69) is 21.2 Å². The van der Waals surface area contributed by atoms with Gasteiger partial charge in [0.25, 0.3) is 5.91 Å². The van der Waals surface area contributed by atoms with E-state index in [1.807, 2.05) is 0 Å². The molecule has 0 aliphatic heterocycles. The molecule has 1 aromatic carbocycles. The third-order valence-corrected chi connectivity index (χ3v) is 2.48. The van der Waals surface area contributed by atoms with E-state index in [1.165, 1.54) is 19.2 Å². The zero-order valence-electron chi connectivity index (χ0n) is 8.52. The van der Waals surface area contributed by atoms with Gasteiger partial charge in [0.1, 0.15) is 0 Å². The van der Waals surface area contributed by atoms with Crippen molar-refractivity contribution in [2.75, 3.05) is 20.3 Å². The highest BCUT2D eigenvalue weighted by Crippen LogP contribution is 2.20. The van der Waals surface area contributed by atoms with Crippen molar-refractivity contribution in [1.29, 1.82) is 0 Å². The zero-order valence-corrected chi connectivity index (χ0v) is 10.1. The van der Waals surface area contributed by atoms with Crippen LogP contribution in [0.5, 0.6) is 0 Å². The molecule has 0 fully saturated rings. The Morgan fingerprint density at radius 1 is 1.44 bits per heavy atom. The molecule has 1 rings (SSSR count). The molecular weight excluding hydrogens is 284 g/mol. The van der Waals surface area contributed by atoms with Crippen molar-refractivity contribution in [3.63, 3.8) is 0 Å². The zero-order chi connectivity index (χ0) is 12.1. The molecule has 0 saturated carbocycles. The van der Waals surface area contributed by atoms with Crippen molar-refractivity contribution in [3.8, 4) is 0 Å². The van der Waals surface area contributed by atoms with Gasteiger partial charge in [-0.1, -0.05) is 0 Å². The van der Waals surface area contributed by atoms with E-state index in [9.17, 15) is 13.6 Å². The van der Waals surface area contributed by atoms with Crippen LogP contribution in [-0.4, -0.2) is 26.2 Å². The Bertz CT molecular complexity index is 399. The maximum absolute atomic E-state index is 13.3. The van der Waals surface area contributed by atoms with Crippen molar-refractivity contribution in [3.05, 3.63) is 33.8 Å². The van der Waals surface area contributed by atoms with Gasteiger partial charge in [-0.15, -0.1) is 0 Å². The summed E-state index contributed by atoms with van der Waals surface area (Å²) in [5.74, 6) is -2.90. The molecule has 1 aromatic rings. The number of hydrogen-bond acceptors (Lipinski definition) is 2. The number of nitrogens with one attached hydrogen (secondary N) is 1.